The molecule has 6 heteroatoms. The van der Waals surface area contributed by atoms with Gasteiger partial charge < -0.3 is 20.7 Å². The highest BCUT2D eigenvalue weighted by Crippen LogP contribution is 2.12. The van der Waals surface area contributed by atoms with Crippen LogP contribution < -0.4 is 11.1 Å². The van der Waals surface area contributed by atoms with Gasteiger partial charge in [-0.1, -0.05) is 30.3 Å². The van der Waals surface area contributed by atoms with Crippen molar-refractivity contribution in [2.45, 2.75) is 32.9 Å². The average Bonchev–Trinajstić information content (AvgIpc) is 2.46. The first-order chi connectivity index (χ1) is 10.8. The van der Waals surface area contributed by atoms with Crippen molar-refractivity contribution < 1.29 is 9.53 Å². The van der Waals surface area contributed by atoms with Crippen LogP contribution >= 0.6 is 0 Å². The van der Waals surface area contributed by atoms with E-state index in [4.69, 9.17) is 15.9 Å². The maximum absolute atomic E-state index is 12.4. The van der Waals surface area contributed by atoms with E-state index in [1.807, 2.05) is 51.1 Å². The van der Waals surface area contributed by atoms with Crippen molar-refractivity contribution in [1.29, 1.82) is 5.41 Å². The first-order valence-electron chi connectivity index (χ1n) is 7.54. The van der Waals surface area contributed by atoms with Crippen molar-refractivity contribution in [3.8, 4) is 0 Å². The molecule has 4 N–H and O–H groups in total. The average molecular weight is 318 g/mol. The number of hydrogen-bond acceptors (Lipinski definition) is 4. The molecule has 0 radical (unpaired) electrons. The third-order valence-corrected chi connectivity index (χ3v) is 2.83. The van der Waals surface area contributed by atoms with Crippen molar-refractivity contribution in [2.75, 3.05) is 13.1 Å². The molecule has 1 aromatic carbocycles. The monoisotopic (exact) mass is 318 g/mol. The fraction of sp³-hybridized carbons (Fsp3) is 0.412. The Morgan fingerprint density at radius 2 is 2.00 bits per heavy atom. The lowest BCUT2D eigenvalue weighted by Crippen LogP contribution is -2.40. The number of ether oxygens (including phenoxy) is 1. The van der Waals surface area contributed by atoms with Crippen molar-refractivity contribution in [3.63, 3.8) is 0 Å². The summed E-state index contributed by atoms with van der Waals surface area (Å²) < 4.78 is 5.45. The van der Waals surface area contributed by atoms with Crippen LogP contribution in [0.5, 0.6) is 0 Å². The van der Waals surface area contributed by atoms with Crippen LogP contribution in [0.25, 0.3) is 0 Å². The third kappa shape index (κ3) is 7.90. The van der Waals surface area contributed by atoms with Crippen molar-refractivity contribution in [3.05, 3.63) is 48.2 Å². The number of hydrogen-bond donors (Lipinski definition) is 3. The number of benzene rings is 1. The number of nitrogens with one attached hydrogen (secondary N) is 2. The molecule has 0 aliphatic heterocycles. The predicted molar refractivity (Wildman–Crippen MR) is 92.1 cm³/mol. The highest BCUT2D eigenvalue weighted by Gasteiger charge is 2.22. The Bertz CT molecular complexity index is 535. The molecule has 126 valence electrons. The smallest absolute Gasteiger partial charge is 0.410 e. The molecular weight excluding hydrogens is 292 g/mol. The Labute approximate surface area is 137 Å². The standard InChI is InChI=1S/C17H26N4O2/c1-17(2,3)23-16(22)21(12-11-20-15(19)9-10-18)13-14-7-5-4-6-8-14/h4-10H,11-13,18H2,1-3H3,(H2,19,20)/b10-9-. The van der Waals surface area contributed by atoms with Crippen molar-refractivity contribution in [2.24, 2.45) is 5.73 Å². The molecule has 0 aromatic heterocycles. The van der Waals surface area contributed by atoms with E-state index in [0.29, 0.717) is 19.6 Å². The number of carbonyl (C=O) groups is 1. The van der Waals surface area contributed by atoms with E-state index in [1.165, 1.54) is 12.3 Å². The number of rotatable bonds is 6. The lowest BCUT2D eigenvalue weighted by Gasteiger charge is -2.27. The summed E-state index contributed by atoms with van der Waals surface area (Å²) in [6.45, 7) is 6.83. The largest absolute Gasteiger partial charge is 0.444 e. The van der Waals surface area contributed by atoms with E-state index in [9.17, 15) is 4.79 Å². The Morgan fingerprint density at radius 3 is 2.57 bits per heavy atom. The van der Waals surface area contributed by atoms with Gasteiger partial charge in [0.2, 0.25) is 0 Å². The number of carbonyl (C=O) groups excluding carboxylic acids is 1. The highest BCUT2D eigenvalue weighted by molar-refractivity contribution is 5.89. The second-order valence-electron chi connectivity index (χ2n) is 6.09. The molecule has 0 aliphatic rings. The van der Waals surface area contributed by atoms with Crippen LogP contribution in [0.2, 0.25) is 0 Å². The van der Waals surface area contributed by atoms with Gasteiger partial charge in [0.1, 0.15) is 11.4 Å². The molecule has 0 saturated heterocycles. The van der Waals surface area contributed by atoms with E-state index in [-0.39, 0.29) is 11.9 Å². The Kier molecular flexibility index (Phi) is 7.12. The zero-order chi connectivity index (χ0) is 17.3. The summed E-state index contributed by atoms with van der Waals surface area (Å²) in [7, 11) is 0. The van der Waals surface area contributed by atoms with Crippen LogP contribution in [0.4, 0.5) is 4.79 Å². The van der Waals surface area contributed by atoms with Gasteiger partial charge in [-0.15, -0.1) is 0 Å². The van der Waals surface area contributed by atoms with Crippen LogP contribution in [0, 0.1) is 5.41 Å². The summed E-state index contributed by atoms with van der Waals surface area (Å²) >= 11 is 0. The molecule has 0 unspecified atom stereocenters. The van der Waals surface area contributed by atoms with E-state index in [0.717, 1.165) is 5.56 Å². The molecule has 0 spiro atoms. The fourth-order valence-corrected chi connectivity index (χ4v) is 1.85. The van der Waals surface area contributed by atoms with Gasteiger partial charge >= 0.3 is 6.09 Å². The minimum atomic E-state index is -0.547. The van der Waals surface area contributed by atoms with Gasteiger partial charge in [0, 0.05) is 19.6 Å². The lowest BCUT2D eigenvalue weighted by atomic mass is 10.2. The van der Waals surface area contributed by atoms with Crippen LogP contribution in [0.3, 0.4) is 0 Å². The molecule has 1 rings (SSSR count). The van der Waals surface area contributed by atoms with E-state index < -0.39 is 5.60 Å². The number of amidine groups is 1. The minimum Gasteiger partial charge on any atom is -0.444 e. The van der Waals surface area contributed by atoms with Gasteiger partial charge in [-0.2, -0.15) is 0 Å². The maximum Gasteiger partial charge on any atom is 0.410 e. The van der Waals surface area contributed by atoms with E-state index in [2.05, 4.69) is 5.32 Å². The summed E-state index contributed by atoms with van der Waals surface area (Å²) in [5, 5.41) is 10.5. The third-order valence-electron chi connectivity index (χ3n) is 2.83. The first-order valence-corrected chi connectivity index (χ1v) is 7.54. The Morgan fingerprint density at radius 1 is 1.35 bits per heavy atom. The van der Waals surface area contributed by atoms with Crippen molar-refractivity contribution >= 4 is 11.9 Å². The van der Waals surface area contributed by atoms with Gasteiger partial charge in [0.05, 0.1) is 0 Å². The van der Waals surface area contributed by atoms with Crippen LogP contribution in [0.1, 0.15) is 26.3 Å². The van der Waals surface area contributed by atoms with Crippen LogP contribution in [-0.2, 0) is 11.3 Å². The number of amides is 1. The van der Waals surface area contributed by atoms with Gasteiger partial charge in [-0.05, 0) is 38.6 Å². The molecule has 1 aromatic rings. The normalized spacial score (nSPS) is 11.3. The molecule has 0 bridgehead atoms. The summed E-state index contributed by atoms with van der Waals surface area (Å²) in [6, 6.07) is 9.72. The van der Waals surface area contributed by atoms with Gasteiger partial charge in [-0.3, -0.25) is 5.41 Å². The Hall–Kier alpha value is -2.50. The highest BCUT2D eigenvalue weighted by atomic mass is 16.6. The molecule has 0 atom stereocenters. The molecule has 0 heterocycles. The topological polar surface area (TPSA) is 91.4 Å². The van der Waals surface area contributed by atoms with Crippen LogP contribution in [0.15, 0.2) is 42.6 Å². The first kappa shape index (κ1) is 18.5. The fourth-order valence-electron chi connectivity index (χ4n) is 1.85. The van der Waals surface area contributed by atoms with Gasteiger partial charge in [0.25, 0.3) is 0 Å². The molecule has 0 saturated carbocycles. The molecular formula is C17H26N4O2. The quantitative estimate of drug-likeness (QED) is 0.555. The lowest BCUT2D eigenvalue weighted by molar-refractivity contribution is 0.0237. The second kappa shape index (κ2) is 8.82. The summed E-state index contributed by atoms with van der Waals surface area (Å²) in [5.41, 5.74) is 5.71. The minimum absolute atomic E-state index is 0.205. The maximum atomic E-state index is 12.4. The molecule has 0 aliphatic carbocycles. The molecule has 6 nitrogen and oxygen atoms in total. The zero-order valence-electron chi connectivity index (χ0n) is 14.0. The zero-order valence-corrected chi connectivity index (χ0v) is 14.0. The number of nitrogens with zero attached hydrogens (tertiary/aromatic N) is 1. The van der Waals surface area contributed by atoms with Crippen molar-refractivity contribution in [1.82, 2.24) is 10.2 Å². The molecule has 0 fully saturated rings. The second-order valence-corrected chi connectivity index (χ2v) is 6.09. The summed E-state index contributed by atoms with van der Waals surface area (Å²) in [4.78, 5) is 14.0. The summed E-state index contributed by atoms with van der Waals surface area (Å²) in [5.74, 6) is 0.205. The molecule has 1 amide bonds. The van der Waals surface area contributed by atoms with Crippen LogP contribution in [-0.4, -0.2) is 35.5 Å². The number of nitrogens with two attached hydrogens (primary N) is 1. The SMILES string of the molecule is CC(C)(C)OC(=O)N(CCNC(=N)/C=C\N)Cc1ccccc1. The van der Waals surface area contributed by atoms with E-state index in [1.54, 1.807) is 4.90 Å². The summed E-state index contributed by atoms with van der Waals surface area (Å²) in [6.07, 6.45) is 2.38. The van der Waals surface area contributed by atoms with Gasteiger partial charge in [0.15, 0.2) is 0 Å². The Balaban J connectivity index is 2.68. The molecule has 23 heavy (non-hydrogen) atoms. The van der Waals surface area contributed by atoms with E-state index >= 15 is 0 Å². The van der Waals surface area contributed by atoms with Gasteiger partial charge in [-0.25, -0.2) is 4.79 Å². The predicted octanol–water partition coefficient (Wildman–Crippen LogP) is 2.46.